The van der Waals surface area contributed by atoms with Crippen LogP contribution in [0.25, 0.3) is 0 Å². The molecule has 0 spiro atoms. The molecule has 1 nitrogen and oxygen atoms in total. The molecule has 0 aliphatic heterocycles. The molecule has 1 atom stereocenters. The molecule has 0 aromatic rings. The Hall–Kier alpha value is -0.950. The summed E-state index contributed by atoms with van der Waals surface area (Å²) in [5.41, 5.74) is -7.84. The third kappa shape index (κ3) is 3.18. The smallest absolute Gasteiger partial charge is 0.334 e. The summed E-state index contributed by atoms with van der Waals surface area (Å²) in [7, 11) is 0. The molecule has 0 amide bonds. The second-order valence-electron chi connectivity index (χ2n) is 4.17. The Labute approximate surface area is 119 Å². The third-order valence-corrected chi connectivity index (χ3v) is 2.49. The van der Waals surface area contributed by atoms with Crippen LogP contribution in [0.3, 0.4) is 0 Å². The molecule has 0 heterocycles. The maximum atomic E-state index is 13.5. The fourth-order valence-corrected chi connectivity index (χ4v) is 1.33. The van der Waals surface area contributed by atoms with Crippen LogP contribution in [0.1, 0.15) is 13.3 Å². The van der Waals surface area contributed by atoms with Gasteiger partial charge in [0.2, 0.25) is 0 Å². The third-order valence-electron chi connectivity index (χ3n) is 2.49. The lowest BCUT2D eigenvalue weighted by atomic mass is 9.89. The lowest BCUT2D eigenvalue weighted by Gasteiger charge is -2.42. The SMILES string of the molecule is CCCOC(F)(C(F)(F)F)C(F)(F)C(F)(C(F)(F)F)C(F)(F)F. The fourth-order valence-electron chi connectivity index (χ4n) is 1.33. The molecular weight excluding hydrogens is 371 g/mol. The molecule has 0 aliphatic carbocycles. The van der Waals surface area contributed by atoms with Gasteiger partial charge in [-0.25, -0.2) is 4.39 Å². The molecule has 0 radical (unpaired) electrons. The molecular formula is C9H7F13O. The van der Waals surface area contributed by atoms with E-state index >= 15 is 0 Å². The van der Waals surface area contributed by atoms with Crippen LogP contribution in [-0.4, -0.2) is 42.6 Å². The normalized spacial score (nSPS) is 18.0. The van der Waals surface area contributed by atoms with E-state index in [1.54, 1.807) is 0 Å². The van der Waals surface area contributed by atoms with E-state index in [0.29, 0.717) is 0 Å². The molecule has 0 aromatic carbocycles. The van der Waals surface area contributed by atoms with Crippen molar-refractivity contribution in [3.8, 4) is 0 Å². The monoisotopic (exact) mass is 378 g/mol. The van der Waals surface area contributed by atoms with Gasteiger partial charge in [0.1, 0.15) is 0 Å². The molecule has 14 heteroatoms. The van der Waals surface area contributed by atoms with Crippen molar-refractivity contribution in [3.63, 3.8) is 0 Å². The average Bonchev–Trinajstić information content (AvgIpc) is 2.29. The van der Waals surface area contributed by atoms with E-state index in [2.05, 4.69) is 4.74 Å². The Balaban J connectivity index is 6.53. The van der Waals surface area contributed by atoms with Crippen LogP contribution < -0.4 is 0 Å². The van der Waals surface area contributed by atoms with E-state index in [9.17, 15) is 57.1 Å². The van der Waals surface area contributed by atoms with Crippen molar-refractivity contribution in [2.75, 3.05) is 6.61 Å². The summed E-state index contributed by atoms with van der Waals surface area (Å²) < 4.78 is 166. The lowest BCUT2D eigenvalue weighted by Crippen LogP contribution is -2.74. The summed E-state index contributed by atoms with van der Waals surface area (Å²) >= 11 is 0. The number of hydrogen-bond donors (Lipinski definition) is 0. The van der Waals surface area contributed by atoms with Gasteiger partial charge in [0.15, 0.2) is 0 Å². The van der Waals surface area contributed by atoms with Crippen LogP contribution in [0, 0.1) is 0 Å². The second kappa shape index (κ2) is 5.84. The van der Waals surface area contributed by atoms with Gasteiger partial charge in [-0.2, -0.15) is 52.7 Å². The molecule has 0 fully saturated rings. The first-order chi connectivity index (χ1) is 9.81. The van der Waals surface area contributed by atoms with Crippen molar-refractivity contribution in [3.05, 3.63) is 0 Å². The zero-order valence-electron chi connectivity index (χ0n) is 10.7. The first-order valence-electron chi connectivity index (χ1n) is 5.41. The zero-order valence-corrected chi connectivity index (χ0v) is 10.7. The van der Waals surface area contributed by atoms with Crippen molar-refractivity contribution >= 4 is 0 Å². The zero-order chi connectivity index (χ0) is 19.1. The number of alkyl halides is 13. The number of ether oxygens (including phenoxy) is 1. The Morgan fingerprint density at radius 1 is 0.609 bits per heavy atom. The molecule has 0 saturated carbocycles. The predicted molar refractivity (Wildman–Crippen MR) is 47.0 cm³/mol. The minimum Gasteiger partial charge on any atom is -0.334 e. The summed E-state index contributed by atoms with van der Waals surface area (Å²) in [5.74, 6) is -14.6. The Morgan fingerprint density at radius 3 is 1.17 bits per heavy atom. The minimum absolute atomic E-state index is 0.699. The first-order valence-corrected chi connectivity index (χ1v) is 5.41. The van der Waals surface area contributed by atoms with Crippen LogP contribution >= 0.6 is 0 Å². The Kier molecular flexibility index (Phi) is 5.60. The highest BCUT2D eigenvalue weighted by atomic mass is 19.4. The van der Waals surface area contributed by atoms with Gasteiger partial charge >= 0.3 is 36.0 Å². The average molecular weight is 378 g/mol. The van der Waals surface area contributed by atoms with Gasteiger partial charge in [-0.05, 0) is 6.42 Å². The summed E-state index contributed by atoms with van der Waals surface area (Å²) in [6.07, 6.45) is -23.0. The minimum atomic E-state index is -7.84. The Bertz CT molecular complexity index is 391. The summed E-state index contributed by atoms with van der Waals surface area (Å²) in [6, 6.07) is 0. The highest BCUT2D eigenvalue weighted by Gasteiger charge is 2.93. The highest BCUT2D eigenvalue weighted by molar-refractivity contribution is 5.13. The molecule has 23 heavy (non-hydrogen) atoms. The maximum Gasteiger partial charge on any atom is 0.455 e. The Morgan fingerprint density at radius 2 is 0.957 bits per heavy atom. The summed E-state index contributed by atoms with van der Waals surface area (Å²) in [6.45, 7) is -0.775. The van der Waals surface area contributed by atoms with Crippen LogP contribution in [0.15, 0.2) is 0 Å². The van der Waals surface area contributed by atoms with Crippen molar-refractivity contribution in [2.24, 2.45) is 0 Å². The molecule has 0 aromatic heterocycles. The van der Waals surface area contributed by atoms with Gasteiger partial charge in [0, 0.05) is 0 Å². The first kappa shape index (κ1) is 22.1. The quantitative estimate of drug-likeness (QED) is 0.605. The number of hydrogen-bond acceptors (Lipinski definition) is 1. The van der Waals surface area contributed by atoms with Crippen LogP contribution in [0.2, 0.25) is 0 Å². The maximum absolute atomic E-state index is 13.5. The topological polar surface area (TPSA) is 9.23 Å². The van der Waals surface area contributed by atoms with Crippen molar-refractivity contribution in [1.29, 1.82) is 0 Å². The summed E-state index contributed by atoms with van der Waals surface area (Å²) in [5, 5.41) is 0. The van der Waals surface area contributed by atoms with Crippen molar-refractivity contribution < 1.29 is 61.8 Å². The molecule has 0 bridgehead atoms. The molecule has 1 unspecified atom stereocenters. The lowest BCUT2D eigenvalue weighted by molar-refractivity contribution is -0.476. The highest BCUT2D eigenvalue weighted by Crippen LogP contribution is 2.61. The molecule has 140 valence electrons. The standard InChI is InChI=1S/C9H7F13O/c1-2-3-23-6(13,9(20,21)22)5(11,12)4(10,7(14,15)16)8(17,18)19/h2-3H2,1H3. The van der Waals surface area contributed by atoms with E-state index in [1.807, 2.05) is 0 Å². The number of halogens is 13. The van der Waals surface area contributed by atoms with Crippen molar-refractivity contribution in [1.82, 2.24) is 0 Å². The van der Waals surface area contributed by atoms with E-state index in [0.717, 1.165) is 6.92 Å². The van der Waals surface area contributed by atoms with E-state index in [-0.39, 0.29) is 0 Å². The molecule has 0 rings (SSSR count). The van der Waals surface area contributed by atoms with Crippen molar-refractivity contribution in [2.45, 2.75) is 49.3 Å². The second-order valence-corrected chi connectivity index (χ2v) is 4.17. The largest absolute Gasteiger partial charge is 0.455 e. The van der Waals surface area contributed by atoms with E-state index in [4.69, 9.17) is 0 Å². The number of rotatable bonds is 5. The molecule has 0 aliphatic rings. The van der Waals surface area contributed by atoms with Gasteiger partial charge in [-0.15, -0.1) is 0 Å². The van der Waals surface area contributed by atoms with Crippen LogP contribution in [0.4, 0.5) is 57.1 Å². The fraction of sp³-hybridized carbons (Fsp3) is 1.00. The molecule has 0 saturated heterocycles. The van der Waals surface area contributed by atoms with Gasteiger partial charge in [-0.3, -0.25) is 0 Å². The van der Waals surface area contributed by atoms with E-state index < -0.39 is 49.0 Å². The van der Waals surface area contributed by atoms with Gasteiger partial charge in [0.25, 0.3) is 0 Å². The van der Waals surface area contributed by atoms with Gasteiger partial charge in [0.05, 0.1) is 6.61 Å². The van der Waals surface area contributed by atoms with Gasteiger partial charge in [-0.1, -0.05) is 6.92 Å². The van der Waals surface area contributed by atoms with Gasteiger partial charge < -0.3 is 4.74 Å². The molecule has 0 N–H and O–H groups in total. The summed E-state index contributed by atoms with van der Waals surface area (Å²) in [4.78, 5) is 0. The predicted octanol–water partition coefficient (Wildman–Crippen LogP) is 5.11. The van der Waals surface area contributed by atoms with E-state index in [1.165, 1.54) is 0 Å². The van der Waals surface area contributed by atoms with Crippen LogP contribution in [0.5, 0.6) is 0 Å². The van der Waals surface area contributed by atoms with Crippen LogP contribution in [-0.2, 0) is 4.74 Å².